The second kappa shape index (κ2) is 9.50. The van der Waals surface area contributed by atoms with Crippen LogP contribution in [0, 0.1) is 5.41 Å². The van der Waals surface area contributed by atoms with Crippen LogP contribution in [0.4, 0.5) is 0 Å². The predicted molar refractivity (Wildman–Crippen MR) is 112 cm³/mol. The fourth-order valence-electron chi connectivity index (χ4n) is 3.63. The molecule has 0 radical (unpaired) electrons. The van der Waals surface area contributed by atoms with Crippen molar-refractivity contribution in [2.75, 3.05) is 27.2 Å². The first-order valence-electron chi connectivity index (χ1n) is 9.98. The van der Waals surface area contributed by atoms with Crippen molar-refractivity contribution >= 4 is 17.6 Å². The third kappa shape index (κ3) is 6.37. The first-order chi connectivity index (χ1) is 13.5. The molecule has 160 valence electrons. The highest BCUT2D eigenvalue weighted by Gasteiger charge is 2.39. The van der Waals surface area contributed by atoms with Crippen LogP contribution < -0.4 is 11.1 Å². The van der Waals surface area contributed by atoms with E-state index in [0.29, 0.717) is 24.0 Å². The van der Waals surface area contributed by atoms with Crippen molar-refractivity contribution in [3.63, 3.8) is 0 Å². The summed E-state index contributed by atoms with van der Waals surface area (Å²) in [7, 11) is 3.90. The number of nitrogens with two attached hydrogens (primary N) is 1. The van der Waals surface area contributed by atoms with E-state index in [-0.39, 0.29) is 29.8 Å². The van der Waals surface area contributed by atoms with Crippen LogP contribution in [0.2, 0.25) is 0 Å². The standard InChI is InChI=1S/C22H33N3O4/c1-22(2,3)12-16(14-8-6-7-9-15(14)20(23)27)21(28)24-19-17(26)13-29-18(19)10-11-25(4)5/h6-9,16,18-19H,10-13H2,1-5H3,(H2,23,27)(H,24,28)/t16-,18?,19?/m0/s1. The number of carbonyl (C=O) groups is 3. The molecule has 1 fully saturated rings. The van der Waals surface area contributed by atoms with Crippen LogP contribution in [0.1, 0.15) is 55.5 Å². The molecule has 1 aromatic carbocycles. The molecule has 3 N–H and O–H groups in total. The number of primary amides is 1. The third-order valence-electron chi connectivity index (χ3n) is 5.05. The number of hydrogen-bond acceptors (Lipinski definition) is 5. The molecule has 3 atom stereocenters. The van der Waals surface area contributed by atoms with Gasteiger partial charge < -0.3 is 20.7 Å². The van der Waals surface area contributed by atoms with E-state index in [0.717, 1.165) is 6.54 Å². The van der Waals surface area contributed by atoms with Crippen LogP contribution in [0.25, 0.3) is 0 Å². The van der Waals surface area contributed by atoms with Crippen molar-refractivity contribution < 1.29 is 19.1 Å². The molecule has 0 bridgehead atoms. The van der Waals surface area contributed by atoms with Crippen molar-refractivity contribution in [2.24, 2.45) is 11.1 Å². The van der Waals surface area contributed by atoms with Gasteiger partial charge in [-0.25, -0.2) is 0 Å². The Hall–Kier alpha value is -2.25. The van der Waals surface area contributed by atoms with Gasteiger partial charge in [0.2, 0.25) is 11.8 Å². The van der Waals surface area contributed by atoms with E-state index in [2.05, 4.69) is 5.32 Å². The Morgan fingerprint density at radius 3 is 2.52 bits per heavy atom. The summed E-state index contributed by atoms with van der Waals surface area (Å²) in [4.78, 5) is 39.6. The van der Waals surface area contributed by atoms with Gasteiger partial charge in [-0.15, -0.1) is 0 Å². The number of hydrogen-bond donors (Lipinski definition) is 2. The SMILES string of the molecule is CN(C)CCC1OCC(=O)C1NC(=O)[C@@H](CC(C)(C)C)c1ccccc1C(N)=O. The van der Waals surface area contributed by atoms with Gasteiger partial charge in [0, 0.05) is 12.1 Å². The van der Waals surface area contributed by atoms with Crippen molar-refractivity contribution in [1.82, 2.24) is 10.2 Å². The molecular formula is C22H33N3O4. The third-order valence-corrected chi connectivity index (χ3v) is 5.05. The second-order valence-electron chi connectivity index (χ2n) is 9.16. The number of carbonyl (C=O) groups excluding carboxylic acids is 3. The molecule has 0 aliphatic carbocycles. The van der Waals surface area contributed by atoms with Crippen molar-refractivity contribution in [3.8, 4) is 0 Å². The molecule has 29 heavy (non-hydrogen) atoms. The highest BCUT2D eigenvalue weighted by Crippen LogP contribution is 2.33. The number of ether oxygens (including phenoxy) is 1. The van der Waals surface area contributed by atoms with Crippen LogP contribution in [-0.2, 0) is 14.3 Å². The number of rotatable bonds is 8. The molecule has 1 saturated heterocycles. The summed E-state index contributed by atoms with van der Waals surface area (Å²) >= 11 is 0. The number of benzene rings is 1. The minimum atomic E-state index is -0.675. The summed E-state index contributed by atoms with van der Waals surface area (Å²) in [6, 6.07) is 6.22. The highest BCUT2D eigenvalue weighted by atomic mass is 16.5. The van der Waals surface area contributed by atoms with Gasteiger partial charge in [-0.1, -0.05) is 39.0 Å². The van der Waals surface area contributed by atoms with E-state index in [1.807, 2.05) is 39.8 Å². The number of Topliss-reactive ketones (excluding diaryl/α,β-unsaturated/α-hetero) is 1. The Bertz CT molecular complexity index is 755. The zero-order chi connectivity index (χ0) is 21.8. The Labute approximate surface area is 173 Å². The normalized spacial score (nSPS) is 20.7. The van der Waals surface area contributed by atoms with Gasteiger partial charge >= 0.3 is 0 Å². The summed E-state index contributed by atoms with van der Waals surface area (Å²) < 4.78 is 5.61. The number of ketones is 1. The molecule has 0 spiro atoms. The first-order valence-corrected chi connectivity index (χ1v) is 9.98. The van der Waals surface area contributed by atoms with Crippen LogP contribution in [-0.4, -0.2) is 61.9 Å². The Kier molecular flexibility index (Phi) is 7.54. The van der Waals surface area contributed by atoms with Crippen molar-refractivity contribution in [2.45, 2.75) is 51.7 Å². The molecule has 1 aromatic rings. The zero-order valence-corrected chi connectivity index (χ0v) is 18.0. The van der Waals surface area contributed by atoms with Crippen LogP contribution in [0.5, 0.6) is 0 Å². The Morgan fingerprint density at radius 2 is 1.93 bits per heavy atom. The molecule has 2 amide bonds. The van der Waals surface area contributed by atoms with Crippen molar-refractivity contribution in [1.29, 1.82) is 0 Å². The molecule has 1 aliphatic heterocycles. The average molecular weight is 404 g/mol. The average Bonchev–Trinajstić information content (AvgIpc) is 2.97. The van der Waals surface area contributed by atoms with E-state index in [4.69, 9.17) is 10.5 Å². The lowest BCUT2D eigenvalue weighted by atomic mass is 9.79. The summed E-state index contributed by atoms with van der Waals surface area (Å²) in [5.74, 6) is -1.58. The van der Waals surface area contributed by atoms with Crippen molar-refractivity contribution in [3.05, 3.63) is 35.4 Å². The molecule has 7 nitrogen and oxygen atoms in total. The summed E-state index contributed by atoms with van der Waals surface area (Å²) in [6.45, 7) is 6.85. The maximum atomic E-state index is 13.3. The Balaban J connectivity index is 2.28. The molecule has 0 aromatic heterocycles. The first kappa shape index (κ1) is 23.0. The lowest BCUT2D eigenvalue weighted by molar-refractivity contribution is -0.127. The fraction of sp³-hybridized carbons (Fsp3) is 0.591. The largest absolute Gasteiger partial charge is 0.368 e. The minimum Gasteiger partial charge on any atom is -0.368 e. The van der Waals surface area contributed by atoms with Crippen LogP contribution in [0.15, 0.2) is 24.3 Å². The molecule has 7 heteroatoms. The predicted octanol–water partition coefficient (Wildman–Crippen LogP) is 1.71. The molecule has 2 rings (SSSR count). The van der Waals surface area contributed by atoms with Gasteiger partial charge in [-0.2, -0.15) is 0 Å². The molecular weight excluding hydrogens is 370 g/mol. The van der Waals surface area contributed by atoms with Gasteiger partial charge in [0.1, 0.15) is 12.6 Å². The van der Waals surface area contributed by atoms with Gasteiger partial charge in [0.15, 0.2) is 5.78 Å². The fourth-order valence-corrected chi connectivity index (χ4v) is 3.63. The topological polar surface area (TPSA) is 102 Å². The lowest BCUT2D eigenvalue weighted by Gasteiger charge is -2.28. The van der Waals surface area contributed by atoms with Gasteiger partial charge in [-0.3, -0.25) is 14.4 Å². The molecule has 0 saturated carbocycles. The zero-order valence-electron chi connectivity index (χ0n) is 18.0. The van der Waals surface area contributed by atoms with E-state index >= 15 is 0 Å². The highest BCUT2D eigenvalue weighted by molar-refractivity contribution is 5.98. The van der Waals surface area contributed by atoms with Gasteiger partial charge in [0.05, 0.1) is 12.0 Å². The van der Waals surface area contributed by atoms with E-state index < -0.39 is 17.9 Å². The van der Waals surface area contributed by atoms with E-state index in [1.54, 1.807) is 24.3 Å². The minimum absolute atomic E-state index is 0.00481. The van der Waals surface area contributed by atoms with E-state index in [1.165, 1.54) is 0 Å². The molecule has 1 aliphatic rings. The second-order valence-corrected chi connectivity index (χ2v) is 9.16. The lowest BCUT2D eigenvalue weighted by Crippen LogP contribution is -2.47. The Morgan fingerprint density at radius 1 is 1.28 bits per heavy atom. The number of nitrogens with zero attached hydrogens (tertiary/aromatic N) is 1. The van der Waals surface area contributed by atoms with Gasteiger partial charge in [0.25, 0.3) is 0 Å². The quantitative estimate of drug-likeness (QED) is 0.688. The maximum Gasteiger partial charge on any atom is 0.249 e. The number of nitrogens with one attached hydrogen (secondary N) is 1. The van der Waals surface area contributed by atoms with E-state index in [9.17, 15) is 14.4 Å². The summed E-state index contributed by atoms with van der Waals surface area (Å²) in [6.07, 6.45) is 0.800. The molecule has 1 heterocycles. The maximum absolute atomic E-state index is 13.3. The number of amides is 2. The summed E-state index contributed by atoms with van der Waals surface area (Å²) in [5, 5.41) is 2.91. The summed E-state index contributed by atoms with van der Waals surface area (Å²) in [5.41, 5.74) is 6.28. The molecule has 2 unspecified atom stereocenters. The smallest absolute Gasteiger partial charge is 0.249 e. The monoisotopic (exact) mass is 403 g/mol. The van der Waals surface area contributed by atoms with Crippen LogP contribution >= 0.6 is 0 Å². The van der Waals surface area contributed by atoms with Crippen LogP contribution in [0.3, 0.4) is 0 Å². The van der Waals surface area contributed by atoms with Gasteiger partial charge in [-0.05, 0) is 44.0 Å².